The molecule has 0 aromatic rings. The van der Waals surface area contributed by atoms with E-state index in [0.29, 0.717) is 6.54 Å². The lowest BCUT2D eigenvalue weighted by Crippen LogP contribution is -2.49. The number of rotatable bonds is 1. The Hall–Kier alpha value is -0.610. The molecule has 0 aliphatic carbocycles. The minimum Gasteiger partial charge on any atom is -0.367 e. The van der Waals surface area contributed by atoms with Crippen LogP contribution in [0.1, 0.15) is 6.92 Å². The maximum Gasteiger partial charge on any atom is 0.247 e. The molecule has 0 bridgehead atoms. The van der Waals surface area contributed by atoms with Gasteiger partial charge in [-0.1, -0.05) is 0 Å². The summed E-state index contributed by atoms with van der Waals surface area (Å²) in [5, 5.41) is 3.04. The van der Waals surface area contributed by atoms with Crippen LogP contribution in [-0.2, 0) is 9.53 Å². The number of primary amides is 1. The summed E-state index contributed by atoms with van der Waals surface area (Å²) in [5.41, 5.74) is 5.03. The minimum atomic E-state index is -0.441. The Balaban J connectivity index is 2.39. The highest BCUT2D eigenvalue weighted by Gasteiger charge is 2.22. The summed E-state index contributed by atoms with van der Waals surface area (Å²) >= 11 is 0. The van der Waals surface area contributed by atoms with Gasteiger partial charge in [-0.3, -0.25) is 4.79 Å². The molecule has 1 fully saturated rings. The molecule has 0 aromatic carbocycles. The van der Waals surface area contributed by atoms with Crippen LogP contribution in [0, 0.1) is 0 Å². The molecule has 1 saturated heterocycles. The normalized spacial score (nSPS) is 33.7. The van der Waals surface area contributed by atoms with Gasteiger partial charge in [-0.05, 0) is 6.92 Å². The fourth-order valence-corrected chi connectivity index (χ4v) is 0.962. The standard InChI is InChI=1S/C6H12N2O2/c1-4-2-8-3-5(10-4)6(7)9/h4-5,8H,2-3H2,1H3,(H2,7,9)/t4-,5-/m1/s1. The topological polar surface area (TPSA) is 64.3 Å². The number of amides is 1. The van der Waals surface area contributed by atoms with Crippen molar-refractivity contribution in [1.82, 2.24) is 5.32 Å². The van der Waals surface area contributed by atoms with E-state index < -0.39 is 6.10 Å². The number of nitrogens with one attached hydrogen (secondary N) is 1. The Kier molecular flexibility index (Phi) is 2.24. The van der Waals surface area contributed by atoms with Gasteiger partial charge in [0.1, 0.15) is 6.10 Å². The van der Waals surface area contributed by atoms with Gasteiger partial charge in [0.15, 0.2) is 0 Å². The number of nitrogens with two attached hydrogens (primary N) is 1. The van der Waals surface area contributed by atoms with Crippen LogP contribution in [0.4, 0.5) is 0 Å². The van der Waals surface area contributed by atoms with E-state index in [1.165, 1.54) is 0 Å². The fraction of sp³-hybridized carbons (Fsp3) is 0.833. The van der Waals surface area contributed by atoms with Crippen molar-refractivity contribution in [2.45, 2.75) is 19.1 Å². The molecule has 0 spiro atoms. The monoisotopic (exact) mass is 144 g/mol. The first-order valence-corrected chi connectivity index (χ1v) is 3.35. The Morgan fingerprint density at radius 3 is 2.80 bits per heavy atom. The van der Waals surface area contributed by atoms with Gasteiger partial charge in [0.05, 0.1) is 6.10 Å². The maximum absolute atomic E-state index is 10.6. The first kappa shape index (κ1) is 7.50. The van der Waals surface area contributed by atoms with Gasteiger partial charge in [0.25, 0.3) is 0 Å². The highest BCUT2D eigenvalue weighted by atomic mass is 16.5. The van der Waals surface area contributed by atoms with Crippen molar-refractivity contribution in [1.29, 1.82) is 0 Å². The van der Waals surface area contributed by atoms with Gasteiger partial charge >= 0.3 is 0 Å². The van der Waals surface area contributed by atoms with Crippen molar-refractivity contribution in [3.8, 4) is 0 Å². The molecule has 10 heavy (non-hydrogen) atoms. The van der Waals surface area contributed by atoms with Gasteiger partial charge < -0.3 is 15.8 Å². The summed E-state index contributed by atoms with van der Waals surface area (Å²) in [4.78, 5) is 10.6. The number of ether oxygens (including phenoxy) is 1. The quantitative estimate of drug-likeness (QED) is 0.488. The van der Waals surface area contributed by atoms with Gasteiger partial charge in [0.2, 0.25) is 5.91 Å². The SMILES string of the molecule is C[C@@H]1CNC[C@H](C(N)=O)O1. The van der Waals surface area contributed by atoms with Crippen LogP contribution in [0.2, 0.25) is 0 Å². The molecule has 1 aliphatic heterocycles. The molecule has 58 valence electrons. The van der Waals surface area contributed by atoms with Gasteiger partial charge in [-0.25, -0.2) is 0 Å². The zero-order valence-corrected chi connectivity index (χ0v) is 5.96. The van der Waals surface area contributed by atoms with Crippen LogP contribution in [0.3, 0.4) is 0 Å². The maximum atomic E-state index is 10.6. The molecule has 3 N–H and O–H groups in total. The largest absolute Gasteiger partial charge is 0.367 e. The Morgan fingerprint density at radius 2 is 2.40 bits per heavy atom. The highest BCUT2D eigenvalue weighted by Crippen LogP contribution is 2.01. The van der Waals surface area contributed by atoms with E-state index in [1.807, 2.05) is 6.92 Å². The Morgan fingerprint density at radius 1 is 1.70 bits per heavy atom. The average molecular weight is 144 g/mol. The van der Waals surface area contributed by atoms with Crippen LogP contribution >= 0.6 is 0 Å². The van der Waals surface area contributed by atoms with Crippen LogP contribution in [-0.4, -0.2) is 31.2 Å². The van der Waals surface area contributed by atoms with E-state index in [-0.39, 0.29) is 12.0 Å². The molecule has 0 saturated carbocycles. The summed E-state index contributed by atoms with van der Waals surface area (Å²) in [6.45, 7) is 3.24. The Labute approximate surface area is 59.7 Å². The van der Waals surface area contributed by atoms with Crippen molar-refractivity contribution < 1.29 is 9.53 Å². The average Bonchev–Trinajstić information content (AvgIpc) is 1.88. The third-order valence-corrected chi connectivity index (χ3v) is 1.48. The van der Waals surface area contributed by atoms with Crippen molar-refractivity contribution in [2.75, 3.05) is 13.1 Å². The van der Waals surface area contributed by atoms with E-state index in [0.717, 1.165) is 6.54 Å². The molecule has 1 rings (SSSR count). The molecule has 1 amide bonds. The van der Waals surface area contributed by atoms with Crippen molar-refractivity contribution >= 4 is 5.91 Å². The van der Waals surface area contributed by atoms with E-state index in [4.69, 9.17) is 10.5 Å². The third-order valence-electron chi connectivity index (χ3n) is 1.48. The summed E-state index contributed by atoms with van der Waals surface area (Å²) < 4.78 is 5.21. The lowest BCUT2D eigenvalue weighted by molar-refractivity contribution is -0.135. The molecule has 2 atom stereocenters. The van der Waals surface area contributed by atoms with Gasteiger partial charge in [-0.15, -0.1) is 0 Å². The van der Waals surface area contributed by atoms with Crippen molar-refractivity contribution in [2.24, 2.45) is 5.73 Å². The van der Waals surface area contributed by atoms with Gasteiger partial charge in [-0.2, -0.15) is 0 Å². The predicted octanol–water partition coefficient (Wildman–Crippen LogP) is -1.15. The molecule has 0 unspecified atom stereocenters. The second-order valence-corrected chi connectivity index (χ2v) is 2.50. The fourth-order valence-electron chi connectivity index (χ4n) is 0.962. The number of carbonyl (C=O) groups excluding carboxylic acids is 1. The van der Waals surface area contributed by atoms with Crippen LogP contribution in [0.25, 0.3) is 0 Å². The van der Waals surface area contributed by atoms with Crippen LogP contribution < -0.4 is 11.1 Å². The lowest BCUT2D eigenvalue weighted by atomic mass is 10.2. The number of hydrogen-bond donors (Lipinski definition) is 2. The second-order valence-electron chi connectivity index (χ2n) is 2.50. The summed E-state index contributed by atoms with van der Waals surface area (Å²) in [5.74, 6) is -0.390. The predicted molar refractivity (Wildman–Crippen MR) is 36.4 cm³/mol. The summed E-state index contributed by atoms with van der Waals surface area (Å²) in [6, 6.07) is 0. The third kappa shape index (κ3) is 1.68. The van der Waals surface area contributed by atoms with E-state index in [1.54, 1.807) is 0 Å². The van der Waals surface area contributed by atoms with Crippen molar-refractivity contribution in [3.63, 3.8) is 0 Å². The van der Waals surface area contributed by atoms with Crippen LogP contribution in [0.15, 0.2) is 0 Å². The number of morpholine rings is 1. The molecule has 4 heteroatoms. The molecule has 4 nitrogen and oxygen atoms in total. The van der Waals surface area contributed by atoms with E-state index in [9.17, 15) is 4.79 Å². The highest BCUT2D eigenvalue weighted by molar-refractivity contribution is 5.79. The first-order valence-electron chi connectivity index (χ1n) is 3.35. The summed E-state index contributed by atoms with van der Waals surface area (Å²) in [6.07, 6.45) is -0.352. The molecule has 1 heterocycles. The lowest BCUT2D eigenvalue weighted by Gasteiger charge is -2.26. The zero-order chi connectivity index (χ0) is 7.56. The first-order chi connectivity index (χ1) is 4.70. The molecule has 1 aliphatic rings. The number of hydrogen-bond acceptors (Lipinski definition) is 3. The van der Waals surface area contributed by atoms with Crippen molar-refractivity contribution in [3.05, 3.63) is 0 Å². The smallest absolute Gasteiger partial charge is 0.247 e. The summed E-state index contributed by atoms with van der Waals surface area (Å²) in [7, 11) is 0. The molecular formula is C6H12N2O2. The van der Waals surface area contributed by atoms with E-state index >= 15 is 0 Å². The minimum absolute atomic E-state index is 0.0891. The zero-order valence-electron chi connectivity index (χ0n) is 5.96. The molecular weight excluding hydrogens is 132 g/mol. The molecule has 0 aromatic heterocycles. The Bertz CT molecular complexity index is 138. The number of carbonyl (C=O) groups is 1. The second kappa shape index (κ2) is 2.98. The molecule has 0 radical (unpaired) electrons. The van der Waals surface area contributed by atoms with Gasteiger partial charge in [0, 0.05) is 13.1 Å². The van der Waals surface area contributed by atoms with Crippen LogP contribution in [0.5, 0.6) is 0 Å². The van der Waals surface area contributed by atoms with E-state index in [2.05, 4.69) is 5.32 Å².